The summed E-state index contributed by atoms with van der Waals surface area (Å²) in [6.45, 7) is 15.6. The Morgan fingerprint density at radius 1 is 1.06 bits per heavy atom. The molecular formula is C16H31NO. The number of carbonyl (C=O) groups excluding carboxylic acids is 1. The zero-order valence-electron chi connectivity index (χ0n) is 13.5. The largest absolute Gasteiger partial charge is 0.298 e. The third kappa shape index (κ3) is 2.79. The summed E-state index contributed by atoms with van der Waals surface area (Å²) in [4.78, 5) is 15.1. The van der Waals surface area contributed by atoms with Crippen molar-refractivity contribution in [2.45, 2.75) is 73.4 Å². The van der Waals surface area contributed by atoms with Crippen molar-refractivity contribution in [1.29, 1.82) is 0 Å². The molecule has 1 rings (SSSR count). The lowest BCUT2D eigenvalue weighted by Crippen LogP contribution is -2.46. The minimum absolute atomic E-state index is 0.0474. The van der Waals surface area contributed by atoms with E-state index in [1.807, 2.05) is 0 Å². The van der Waals surface area contributed by atoms with E-state index in [9.17, 15) is 4.79 Å². The number of carbonyl (C=O) groups is 1. The summed E-state index contributed by atoms with van der Waals surface area (Å²) >= 11 is 0. The van der Waals surface area contributed by atoms with Gasteiger partial charge in [0.1, 0.15) is 0 Å². The Labute approximate surface area is 113 Å². The van der Waals surface area contributed by atoms with Gasteiger partial charge in [-0.15, -0.1) is 0 Å². The summed E-state index contributed by atoms with van der Waals surface area (Å²) in [7, 11) is 2.14. The summed E-state index contributed by atoms with van der Waals surface area (Å²) in [6.07, 6.45) is 2.07. The molecule has 0 N–H and O–H groups in total. The van der Waals surface area contributed by atoms with Gasteiger partial charge in [0, 0.05) is 12.0 Å². The van der Waals surface area contributed by atoms with E-state index in [0.29, 0.717) is 11.8 Å². The van der Waals surface area contributed by atoms with Crippen molar-refractivity contribution >= 4 is 5.78 Å². The lowest BCUT2D eigenvalue weighted by atomic mass is 9.68. The molecule has 1 aliphatic heterocycles. The average molecular weight is 253 g/mol. The monoisotopic (exact) mass is 253 g/mol. The maximum absolute atomic E-state index is 12.8. The molecule has 1 aliphatic rings. The second-order valence-corrected chi connectivity index (χ2v) is 8.03. The Bertz CT molecular complexity index is 308. The molecule has 106 valence electrons. The average Bonchev–Trinajstić information content (AvgIpc) is 2.40. The molecule has 0 amide bonds. The number of likely N-dealkylation sites (N-methyl/N-ethyl adjacent to an activating group) is 1. The molecular weight excluding hydrogens is 222 g/mol. The first kappa shape index (κ1) is 15.7. The van der Waals surface area contributed by atoms with Crippen LogP contribution in [0.15, 0.2) is 0 Å². The van der Waals surface area contributed by atoms with Crippen LogP contribution in [0.4, 0.5) is 0 Å². The Morgan fingerprint density at radius 3 is 1.83 bits per heavy atom. The van der Waals surface area contributed by atoms with Gasteiger partial charge in [0.25, 0.3) is 0 Å². The molecule has 0 aromatic heterocycles. The first-order valence-electron chi connectivity index (χ1n) is 7.27. The Morgan fingerprint density at radius 2 is 1.56 bits per heavy atom. The van der Waals surface area contributed by atoms with Gasteiger partial charge in [0.2, 0.25) is 0 Å². The molecule has 3 atom stereocenters. The van der Waals surface area contributed by atoms with Gasteiger partial charge in [-0.1, -0.05) is 54.9 Å². The van der Waals surface area contributed by atoms with E-state index in [2.05, 4.69) is 60.4 Å². The lowest BCUT2D eigenvalue weighted by molar-refractivity contribution is -0.125. The third-order valence-electron chi connectivity index (χ3n) is 4.26. The summed E-state index contributed by atoms with van der Waals surface area (Å²) in [6, 6.07) is 0.477. The normalized spacial score (nSPS) is 31.1. The van der Waals surface area contributed by atoms with Crippen LogP contribution in [0.3, 0.4) is 0 Å². The van der Waals surface area contributed by atoms with E-state index in [1.54, 1.807) is 0 Å². The van der Waals surface area contributed by atoms with Crippen molar-refractivity contribution in [3.63, 3.8) is 0 Å². The first-order chi connectivity index (χ1) is 8.01. The van der Waals surface area contributed by atoms with Crippen molar-refractivity contribution in [3.05, 3.63) is 0 Å². The third-order valence-corrected chi connectivity index (χ3v) is 4.26. The van der Waals surface area contributed by atoms with Crippen LogP contribution >= 0.6 is 0 Å². The highest BCUT2D eigenvalue weighted by Crippen LogP contribution is 2.46. The predicted octanol–water partition coefficient (Wildman–Crippen LogP) is 3.75. The van der Waals surface area contributed by atoms with Crippen molar-refractivity contribution in [2.24, 2.45) is 16.7 Å². The minimum atomic E-state index is 0.0474. The van der Waals surface area contributed by atoms with Crippen molar-refractivity contribution in [1.82, 2.24) is 4.90 Å². The number of nitrogens with zero attached hydrogens (tertiary/aromatic N) is 1. The molecule has 0 spiro atoms. The fourth-order valence-corrected chi connectivity index (χ4v) is 3.62. The zero-order chi connectivity index (χ0) is 14.3. The van der Waals surface area contributed by atoms with Gasteiger partial charge < -0.3 is 0 Å². The topological polar surface area (TPSA) is 20.3 Å². The van der Waals surface area contributed by atoms with Crippen LogP contribution in [0.1, 0.15) is 61.3 Å². The van der Waals surface area contributed by atoms with Crippen LogP contribution in [0.2, 0.25) is 0 Å². The molecule has 2 nitrogen and oxygen atoms in total. The molecule has 0 aromatic rings. The fourth-order valence-electron chi connectivity index (χ4n) is 3.62. The number of likely N-dealkylation sites (tertiary alicyclic amines) is 1. The Balaban J connectivity index is 3.17. The molecule has 1 fully saturated rings. The van der Waals surface area contributed by atoms with Gasteiger partial charge in [-0.05, 0) is 24.3 Å². The standard InChI is InChI=1S/C16H31NO/c1-9-10-11-13(18)12(15(2,3)4)14(17(11)8)16(5,6)7/h11-12,14H,9-10H2,1-8H3. The molecule has 0 saturated carbocycles. The summed E-state index contributed by atoms with van der Waals surface area (Å²) in [5.74, 6) is 0.617. The van der Waals surface area contributed by atoms with Gasteiger partial charge in [0.15, 0.2) is 5.78 Å². The second-order valence-electron chi connectivity index (χ2n) is 8.03. The summed E-state index contributed by atoms with van der Waals surface area (Å²) in [5, 5.41) is 0. The Hall–Kier alpha value is -0.370. The first-order valence-corrected chi connectivity index (χ1v) is 7.27. The van der Waals surface area contributed by atoms with E-state index in [4.69, 9.17) is 0 Å². The molecule has 1 saturated heterocycles. The molecule has 0 aromatic carbocycles. The van der Waals surface area contributed by atoms with Crippen molar-refractivity contribution in [2.75, 3.05) is 7.05 Å². The van der Waals surface area contributed by atoms with Gasteiger partial charge in [-0.3, -0.25) is 9.69 Å². The summed E-state index contributed by atoms with van der Waals surface area (Å²) < 4.78 is 0. The van der Waals surface area contributed by atoms with E-state index in [-0.39, 0.29) is 22.8 Å². The van der Waals surface area contributed by atoms with Crippen LogP contribution in [0, 0.1) is 16.7 Å². The van der Waals surface area contributed by atoms with Crippen LogP contribution in [0.5, 0.6) is 0 Å². The molecule has 3 unspecified atom stereocenters. The van der Waals surface area contributed by atoms with Crippen LogP contribution < -0.4 is 0 Å². The number of Topliss-reactive ketones (excluding diaryl/α,β-unsaturated/α-hetero) is 1. The van der Waals surface area contributed by atoms with Crippen molar-refractivity contribution < 1.29 is 4.79 Å². The van der Waals surface area contributed by atoms with Crippen LogP contribution in [-0.2, 0) is 4.79 Å². The van der Waals surface area contributed by atoms with E-state index >= 15 is 0 Å². The molecule has 0 bridgehead atoms. The van der Waals surface area contributed by atoms with E-state index in [1.165, 1.54) is 0 Å². The van der Waals surface area contributed by atoms with Gasteiger partial charge in [0.05, 0.1) is 6.04 Å². The molecule has 1 heterocycles. The van der Waals surface area contributed by atoms with Crippen LogP contribution in [-0.4, -0.2) is 29.8 Å². The molecule has 18 heavy (non-hydrogen) atoms. The lowest BCUT2D eigenvalue weighted by Gasteiger charge is -2.41. The smallest absolute Gasteiger partial charge is 0.155 e. The van der Waals surface area contributed by atoms with Gasteiger partial charge in [-0.2, -0.15) is 0 Å². The van der Waals surface area contributed by atoms with Gasteiger partial charge in [-0.25, -0.2) is 0 Å². The highest BCUT2D eigenvalue weighted by atomic mass is 16.1. The summed E-state index contributed by atoms with van der Waals surface area (Å²) in [5.41, 5.74) is 0.191. The fraction of sp³-hybridized carbons (Fsp3) is 0.938. The maximum Gasteiger partial charge on any atom is 0.155 e. The number of hydrogen-bond acceptors (Lipinski definition) is 2. The maximum atomic E-state index is 12.8. The molecule has 2 heteroatoms. The second kappa shape index (κ2) is 4.96. The number of hydrogen-bond donors (Lipinski definition) is 0. The van der Waals surface area contributed by atoms with E-state index < -0.39 is 0 Å². The SMILES string of the molecule is CCCC1C(=O)C(C(C)(C)C)C(C(C)(C)C)N1C. The number of rotatable bonds is 2. The highest BCUT2D eigenvalue weighted by Gasteiger charge is 2.54. The highest BCUT2D eigenvalue weighted by molar-refractivity contribution is 5.90. The van der Waals surface area contributed by atoms with E-state index in [0.717, 1.165) is 12.8 Å². The van der Waals surface area contributed by atoms with Crippen molar-refractivity contribution in [3.8, 4) is 0 Å². The molecule has 0 radical (unpaired) electrons. The minimum Gasteiger partial charge on any atom is -0.298 e. The Kier molecular flexibility index (Phi) is 4.32. The van der Waals surface area contributed by atoms with Gasteiger partial charge >= 0.3 is 0 Å². The number of ketones is 1. The zero-order valence-corrected chi connectivity index (χ0v) is 13.5. The molecule has 0 aliphatic carbocycles. The van der Waals surface area contributed by atoms with Crippen LogP contribution in [0.25, 0.3) is 0 Å². The quantitative estimate of drug-likeness (QED) is 0.747. The predicted molar refractivity (Wildman–Crippen MR) is 77.7 cm³/mol.